The molecule has 0 spiro atoms. The molecule has 0 unspecified atom stereocenters. The third-order valence-electron chi connectivity index (χ3n) is 3.22. The number of hydrogen-bond acceptors (Lipinski definition) is 3. The standard InChI is InChI=1S/C17H21NO2/c1-13-11-15(12-18)5-8-17(13)20-16-6-3-14(4-7-16)9-10-19-2/h3-8,11H,9-10,12,18H2,1-2H3. The van der Waals surface area contributed by atoms with Crippen LogP contribution in [0.25, 0.3) is 0 Å². The quantitative estimate of drug-likeness (QED) is 0.875. The van der Waals surface area contributed by atoms with Crippen LogP contribution in [0.2, 0.25) is 0 Å². The minimum absolute atomic E-state index is 0.551. The fourth-order valence-corrected chi connectivity index (χ4v) is 2.02. The van der Waals surface area contributed by atoms with Crippen LogP contribution in [-0.4, -0.2) is 13.7 Å². The molecule has 0 saturated heterocycles. The van der Waals surface area contributed by atoms with Crippen molar-refractivity contribution in [3.63, 3.8) is 0 Å². The second kappa shape index (κ2) is 7.08. The highest BCUT2D eigenvalue weighted by Gasteiger charge is 2.03. The second-order valence-corrected chi connectivity index (χ2v) is 4.79. The maximum Gasteiger partial charge on any atom is 0.130 e. The summed E-state index contributed by atoms with van der Waals surface area (Å²) in [5.41, 5.74) is 9.08. The van der Waals surface area contributed by atoms with Crippen LogP contribution in [0.5, 0.6) is 11.5 Å². The van der Waals surface area contributed by atoms with Gasteiger partial charge in [-0.3, -0.25) is 0 Å². The topological polar surface area (TPSA) is 44.5 Å². The van der Waals surface area contributed by atoms with E-state index in [0.29, 0.717) is 6.54 Å². The van der Waals surface area contributed by atoms with Gasteiger partial charge < -0.3 is 15.2 Å². The average molecular weight is 271 g/mol. The van der Waals surface area contributed by atoms with Crippen molar-refractivity contribution < 1.29 is 9.47 Å². The zero-order valence-electron chi connectivity index (χ0n) is 12.1. The molecule has 2 aromatic carbocycles. The van der Waals surface area contributed by atoms with Gasteiger partial charge in [-0.25, -0.2) is 0 Å². The van der Waals surface area contributed by atoms with Gasteiger partial charge >= 0.3 is 0 Å². The monoisotopic (exact) mass is 271 g/mol. The van der Waals surface area contributed by atoms with Gasteiger partial charge in [-0.15, -0.1) is 0 Å². The fourth-order valence-electron chi connectivity index (χ4n) is 2.02. The Balaban J connectivity index is 2.06. The van der Waals surface area contributed by atoms with Crippen molar-refractivity contribution in [3.8, 4) is 11.5 Å². The Hall–Kier alpha value is -1.84. The van der Waals surface area contributed by atoms with Crippen molar-refractivity contribution >= 4 is 0 Å². The summed E-state index contributed by atoms with van der Waals surface area (Å²) in [4.78, 5) is 0. The predicted octanol–water partition coefficient (Wildman–Crippen LogP) is 3.43. The normalized spacial score (nSPS) is 10.6. The van der Waals surface area contributed by atoms with Crippen molar-refractivity contribution in [1.29, 1.82) is 0 Å². The van der Waals surface area contributed by atoms with E-state index in [2.05, 4.69) is 18.2 Å². The highest BCUT2D eigenvalue weighted by atomic mass is 16.5. The minimum Gasteiger partial charge on any atom is -0.457 e. The lowest BCUT2D eigenvalue weighted by Crippen LogP contribution is -1.97. The maximum absolute atomic E-state index is 5.90. The third kappa shape index (κ3) is 3.83. The lowest BCUT2D eigenvalue weighted by Gasteiger charge is -2.10. The van der Waals surface area contributed by atoms with E-state index in [4.69, 9.17) is 15.2 Å². The zero-order chi connectivity index (χ0) is 14.4. The Labute approximate surface area is 120 Å². The summed E-state index contributed by atoms with van der Waals surface area (Å²) in [7, 11) is 1.71. The molecule has 0 aliphatic carbocycles. The molecule has 0 aliphatic heterocycles. The Morgan fingerprint density at radius 1 is 1.00 bits per heavy atom. The van der Waals surface area contributed by atoms with Gasteiger partial charge in [-0.1, -0.05) is 24.3 Å². The molecule has 106 valence electrons. The summed E-state index contributed by atoms with van der Waals surface area (Å²) in [6.07, 6.45) is 0.918. The molecule has 0 aliphatic rings. The Kier molecular flexibility index (Phi) is 5.16. The Morgan fingerprint density at radius 3 is 2.30 bits per heavy atom. The van der Waals surface area contributed by atoms with Gasteiger partial charge in [0.2, 0.25) is 0 Å². The number of ether oxygens (including phenoxy) is 2. The Bertz CT molecular complexity index is 549. The molecule has 0 aromatic heterocycles. The van der Waals surface area contributed by atoms with E-state index in [-0.39, 0.29) is 0 Å². The first-order valence-corrected chi connectivity index (χ1v) is 6.78. The number of aryl methyl sites for hydroxylation is 1. The molecule has 0 radical (unpaired) electrons. The molecule has 0 heterocycles. The first-order valence-electron chi connectivity index (χ1n) is 6.78. The second-order valence-electron chi connectivity index (χ2n) is 4.79. The van der Waals surface area contributed by atoms with E-state index in [1.807, 2.05) is 31.2 Å². The van der Waals surface area contributed by atoms with Gasteiger partial charge in [0, 0.05) is 13.7 Å². The molecule has 0 saturated carbocycles. The molecule has 0 bridgehead atoms. The van der Waals surface area contributed by atoms with E-state index < -0.39 is 0 Å². The van der Waals surface area contributed by atoms with Gasteiger partial charge in [0.1, 0.15) is 11.5 Å². The van der Waals surface area contributed by atoms with Crippen molar-refractivity contribution in [2.45, 2.75) is 19.9 Å². The first-order chi connectivity index (χ1) is 9.72. The number of benzene rings is 2. The highest BCUT2D eigenvalue weighted by Crippen LogP contribution is 2.26. The number of rotatable bonds is 6. The molecule has 0 atom stereocenters. The van der Waals surface area contributed by atoms with Crippen molar-refractivity contribution in [1.82, 2.24) is 0 Å². The van der Waals surface area contributed by atoms with Crippen LogP contribution in [0, 0.1) is 6.92 Å². The molecule has 0 amide bonds. The van der Waals surface area contributed by atoms with Crippen molar-refractivity contribution in [2.75, 3.05) is 13.7 Å². The molecular formula is C17H21NO2. The first kappa shape index (κ1) is 14.6. The van der Waals surface area contributed by atoms with Gasteiger partial charge in [-0.05, 0) is 48.2 Å². The maximum atomic E-state index is 5.90. The molecule has 2 N–H and O–H groups in total. The van der Waals surface area contributed by atoms with Crippen LogP contribution in [0.4, 0.5) is 0 Å². The summed E-state index contributed by atoms with van der Waals surface area (Å²) in [5, 5.41) is 0. The number of methoxy groups -OCH3 is 1. The summed E-state index contributed by atoms with van der Waals surface area (Å²) < 4.78 is 11.0. The smallest absolute Gasteiger partial charge is 0.130 e. The van der Waals surface area contributed by atoms with E-state index in [9.17, 15) is 0 Å². The van der Waals surface area contributed by atoms with Crippen LogP contribution in [0.3, 0.4) is 0 Å². The molecule has 20 heavy (non-hydrogen) atoms. The van der Waals surface area contributed by atoms with E-state index in [0.717, 1.165) is 35.7 Å². The average Bonchev–Trinajstić information content (AvgIpc) is 2.48. The summed E-state index contributed by atoms with van der Waals surface area (Å²) in [6.45, 7) is 3.32. The van der Waals surface area contributed by atoms with Crippen LogP contribution >= 0.6 is 0 Å². The largest absolute Gasteiger partial charge is 0.457 e. The van der Waals surface area contributed by atoms with Gasteiger partial charge in [0.15, 0.2) is 0 Å². The number of hydrogen-bond donors (Lipinski definition) is 1. The molecular weight excluding hydrogens is 250 g/mol. The van der Waals surface area contributed by atoms with Gasteiger partial charge in [-0.2, -0.15) is 0 Å². The zero-order valence-corrected chi connectivity index (χ0v) is 12.1. The van der Waals surface area contributed by atoms with E-state index in [1.165, 1.54) is 5.56 Å². The van der Waals surface area contributed by atoms with Crippen LogP contribution in [-0.2, 0) is 17.7 Å². The summed E-state index contributed by atoms with van der Waals surface area (Å²) in [5.74, 6) is 1.71. The molecule has 0 fully saturated rings. The van der Waals surface area contributed by atoms with E-state index >= 15 is 0 Å². The SMILES string of the molecule is COCCc1ccc(Oc2ccc(CN)cc2C)cc1. The minimum atomic E-state index is 0.551. The van der Waals surface area contributed by atoms with Gasteiger partial charge in [0.25, 0.3) is 0 Å². The Morgan fingerprint density at radius 2 is 1.70 bits per heavy atom. The highest BCUT2D eigenvalue weighted by molar-refractivity contribution is 5.40. The lowest BCUT2D eigenvalue weighted by atomic mass is 10.1. The van der Waals surface area contributed by atoms with Gasteiger partial charge in [0.05, 0.1) is 6.61 Å². The lowest BCUT2D eigenvalue weighted by molar-refractivity contribution is 0.202. The summed E-state index contributed by atoms with van der Waals surface area (Å²) >= 11 is 0. The van der Waals surface area contributed by atoms with Crippen LogP contribution in [0.15, 0.2) is 42.5 Å². The van der Waals surface area contributed by atoms with Crippen molar-refractivity contribution in [2.24, 2.45) is 5.73 Å². The molecule has 2 aromatic rings. The molecule has 3 heteroatoms. The summed E-state index contributed by atoms with van der Waals surface area (Å²) in [6, 6.07) is 14.1. The third-order valence-corrected chi connectivity index (χ3v) is 3.22. The number of nitrogens with two attached hydrogens (primary N) is 1. The fraction of sp³-hybridized carbons (Fsp3) is 0.294. The molecule has 2 rings (SSSR count). The van der Waals surface area contributed by atoms with Crippen LogP contribution < -0.4 is 10.5 Å². The van der Waals surface area contributed by atoms with E-state index in [1.54, 1.807) is 7.11 Å². The van der Waals surface area contributed by atoms with Crippen LogP contribution in [0.1, 0.15) is 16.7 Å². The molecule has 3 nitrogen and oxygen atoms in total. The predicted molar refractivity (Wildman–Crippen MR) is 81.2 cm³/mol. The van der Waals surface area contributed by atoms with Crippen molar-refractivity contribution in [3.05, 3.63) is 59.2 Å².